The number of pyridine rings is 1. The molecule has 0 bridgehead atoms. The molecule has 0 aliphatic heterocycles. The molecule has 0 saturated heterocycles. The lowest BCUT2D eigenvalue weighted by molar-refractivity contribution is 0.296. The first kappa shape index (κ1) is 19.7. The van der Waals surface area contributed by atoms with E-state index < -0.39 is 0 Å². The van der Waals surface area contributed by atoms with Crippen LogP contribution in [-0.4, -0.2) is 36.4 Å². The molecule has 0 aliphatic rings. The van der Waals surface area contributed by atoms with Gasteiger partial charge in [-0.1, -0.05) is 11.1 Å². The fraction of sp³-hybridized carbons (Fsp3) is 0.556. The van der Waals surface area contributed by atoms with Gasteiger partial charge in [-0.05, 0) is 69.5 Å². The van der Waals surface area contributed by atoms with E-state index >= 15 is 0 Å². The Balaban J connectivity index is 2.66. The monoisotopic (exact) mass is 381 g/mol. The fourth-order valence-electron chi connectivity index (χ4n) is 1.78. The number of hydrogen-bond acceptors (Lipinski definition) is 3. The molecule has 0 amide bonds. The highest BCUT2D eigenvalue weighted by atomic mass is 79.9. The number of nitrogens with zero attached hydrogens (tertiary/aromatic N) is 3. The first-order valence-electron chi connectivity index (χ1n) is 8.02. The zero-order valence-electron chi connectivity index (χ0n) is 15.1. The summed E-state index contributed by atoms with van der Waals surface area (Å²) in [6.07, 6.45) is 3.87. The van der Waals surface area contributed by atoms with Crippen LogP contribution in [0.1, 0.15) is 46.2 Å². The first-order valence-corrected chi connectivity index (χ1v) is 8.81. The van der Waals surface area contributed by atoms with Crippen LogP contribution < -0.4 is 4.74 Å². The third kappa shape index (κ3) is 6.73. The van der Waals surface area contributed by atoms with E-state index in [-0.39, 0.29) is 0 Å². The Morgan fingerprint density at radius 3 is 2.70 bits per heavy atom. The molecule has 0 N–H and O–H groups in total. The lowest BCUT2D eigenvalue weighted by atomic mass is 10.1. The molecule has 0 unspecified atom stereocenters. The average molecular weight is 382 g/mol. The number of aromatic nitrogens is 1. The van der Waals surface area contributed by atoms with Crippen molar-refractivity contribution < 1.29 is 4.74 Å². The third-order valence-electron chi connectivity index (χ3n) is 3.79. The normalized spacial score (nSPS) is 10.9. The van der Waals surface area contributed by atoms with Gasteiger partial charge in [0.25, 0.3) is 0 Å². The minimum absolute atomic E-state index is 0.639. The van der Waals surface area contributed by atoms with Gasteiger partial charge in [0, 0.05) is 13.6 Å². The van der Waals surface area contributed by atoms with Gasteiger partial charge in [-0.2, -0.15) is 0 Å². The Bertz CT molecular complexity index is 578. The van der Waals surface area contributed by atoms with Crippen LogP contribution in [0.3, 0.4) is 0 Å². The van der Waals surface area contributed by atoms with E-state index in [4.69, 9.17) is 4.74 Å². The number of aryl methyl sites for hydroxylation is 1. The molecule has 0 fully saturated rings. The van der Waals surface area contributed by atoms with Crippen molar-refractivity contribution in [3.8, 4) is 5.88 Å². The van der Waals surface area contributed by atoms with E-state index in [2.05, 4.69) is 53.6 Å². The summed E-state index contributed by atoms with van der Waals surface area (Å²) in [4.78, 5) is 11.0. The van der Waals surface area contributed by atoms with Crippen molar-refractivity contribution in [1.29, 1.82) is 0 Å². The Kier molecular flexibility index (Phi) is 8.31. The second-order valence-electron chi connectivity index (χ2n) is 5.93. The molecule has 1 rings (SSSR count). The van der Waals surface area contributed by atoms with Crippen LogP contribution in [0.25, 0.3) is 0 Å². The van der Waals surface area contributed by atoms with Crippen LogP contribution in [0.15, 0.2) is 26.7 Å². The van der Waals surface area contributed by atoms with Crippen molar-refractivity contribution in [2.24, 2.45) is 4.99 Å². The Labute approximate surface area is 148 Å². The van der Waals surface area contributed by atoms with Gasteiger partial charge in [0.15, 0.2) is 0 Å². The number of halogens is 1. The maximum Gasteiger partial charge on any atom is 0.228 e. The summed E-state index contributed by atoms with van der Waals surface area (Å²) in [6, 6.07) is 1.96. The van der Waals surface area contributed by atoms with E-state index in [1.165, 1.54) is 11.1 Å². The Morgan fingerprint density at radius 2 is 2.09 bits per heavy atom. The minimum Gasteiger partial charge on any atom is -0.477 e. The van der Waals surface area contributed by atoms with Gasteiger partial charge < -0.3 is 9.64 Å². The predicted octanol–water partition coefficient (Wildman–Crippen LogP) is 5.28. The Morgan fingerprint density at radius 1 is 1.39 bits per heavy atom. The van der Waals surface area contributed by atoms with Gasteiger partial charge in [-0.3, -0.25) is 0 Å². The van der Waals surface area contributed by atoms with Crippen LogP contribution in [0.5, 0.6) is 5.88 Å². The van der Waals surface area contributed by atoms with Crippen molar-refractivity contribution in [1.82, 2.24) is 9.88 Å². The van der Waals surface area contributed by atoms with Crippen LogP contribution in [0.2, 0.25) is 0 Å². The van der Waals surface area contributed by atoms with E-state index in [0.29, 0.717) is 12.5 Å². The summed E-state index contributed by atoms with van der Waals surface area (Å²) in [6.45, 7) is 12.1. The highest BCUT2D eigenvalue weighted by Gasteiger charge is 2.08. The standard InChI is InChI=1S/C18H28BrN3O/c1-7-22(6)12-20-17-11-16(19)18(21-15(17)5)23-10-8-9-14(4)13(2)3/h11-12H,7-10H2,1-6H3. The maximum atomic E-state index is 5.81. The second-order valence-corrected chi connectivity index (χ2v) is 6.78. The summed E-state index contributed by atoms with van der Waals surface area (Å²) < 4.78 is 6.65. The van der Waals surface area contributed by atoms with Gasteiger partial charge in [0.2, 0.25) is 5.88 Å². The highest BCUT2D eigenvalue weighted by Crippen LogP contribution is 2.29. The smallest absolute Gasteiger partial charge is 0.228 e. The fourth-order valence-corrected chi connectivity index (χ4v) is 2.20. The summed E-state index contributed by atoms with van der Waals surface area (Å²) in [5, 5.41) is 0. The van der Waals surface area contributed by atoms with E-state index in [1.54, 1.807) is 0 Å². The molecular formula is C18H28BrN3O. The van der Waals surface area contributed by atoms with E-state index in [0.717, 1.165) is 35.2 Å². The maximum absolute atomic E-state index is 5.81. The molecule has 0 spiro atoms. The van der Waals surface area contributed by atoms with Crippen molar-refractivity contribution in [2.75, 3.05) is 20.2 Å². The van der Waals surface area contributed by atoms with Gasteiger partial charge in [-0.25, -0.2) is 9.98 Å². The Hall–Kier alpha value is -1.36. The largest absolute Gasteiger partial charge is 0.477 e. The van der Waals surface area contributed by atoms with Crippen LogP contribution in [0, 0.1) is 6.92 Å². The molecule has 0 saturated carbocycles. The van der Waals surface area contributed by atoms with E-state index in [9.17, 15) is 0 Å². The number of allylic oxidation sites excluding steroid dienone is 2. The lowest BCUT2D eigenvalue weighted by Crippen LogP contribution is -2.14. The van der Waals surface area contributed by atoms with Gasteiger partial charge in [0.1, 0.15) is 0 Å². The molecular weight excluding hydrogens is 354 g/mol. The quantitative estimate of drug-likeness (QED) is 0.266. The van der Waals surface area contributed by atoms with E-state index in [1.807, 2.05) is 31.3 Å². The predicted molar refractivity (Wildman–Crippen MR) is 102 cm³/mol. The molecule has 0 atom stereocenters. The zero-order valence-corrected chi connectivity index (χ0v) is 16.7. The molecule has 1 heterocycles. The highest BCUT2D eigenvalue weighted by molar-refractivity contribution is 9.10. The van der Waals surface area contributed by atoms with Gasteiger partial charge in [0.05, 0.1) is 28.8 Å². The van der Waals surface area contributed by atoms with Crippen molar-refractivity contribution in [3.05, 3.63) is 27.4 Å². The van der Waals surface area contributed by atoms with Crippen molar-refractivity contribution in [2.45, 2.75) is 47.5 Å². The molecule has 0 radical (unpaired) electrons. The number of aliphatic imine (C=N–C) groups is 1. The summed E-state index contributed by atoms with van der Waals surface area (Å²) in [5.74, 6) is 0.639. The molecule has 128 valence electrons. The number of ether oxygens (including phenoxy) is 1. The molecule has 1 aromatic rings. The SMILES string of the molecule is CCN(C)C=Nc1cc(Br)c(OCCCC(C)=C(C)C)nc1C. The number of hydrogen-bond donors (Lipinski definition) is 0. The molecule has 1 aromatic heterocycles. The first-order chi connectivity index (χ1) is 10.8. The molecule has 0 aromatic carbocycles. The van der Waals surface area contributed by atoms with Crippen molar-refractivity contribution in [3.63, 3.8) is 0 Å². The summed E-state index contributed by atoms with van der Waals surface area (Å²) in [5.41, 5.74) is 4.54. The third-order valence-corrected chi connectivity index (χ3v) is 4.36. The van der Waals surface area contributed by atoms with Gasteiger partial charge >= 0.3 is 0 Å². The molecule has 0 aliphatic carbocycles. The van der Waals surface area contributed by atoms with Crippen molar-refractivity contribution >= 4 is 28.0 Å². The molecule has 5 heteroatoms. The van der Waals surface area contributed by atoms with Crippen LogP contribution in [-0.2, 0) is 0 Å². The van der Waals surface area contributed by atoms with Gasteiger partial charge in [-0.15, -0.1) is 0 Å². The minimum atomic E-state index is 0.639. The average Bonchev–Trinajstić information content (AvgIpc) is 2.51. The molecule has 4 nitrogen and oxygen atoms in total. The molecule has 23 heavy (non-hydrogen) atoms. The topological polar surface area (TPSA) is 37.7 Å². The number of rotatable bonds is 8. The van der Waals surface area contributed by atoms with Crippen LogP contribution in [0.4, 0.5) is 5.69 Å². The summed E-state index contributed by atoms with van der Waals surface area (Å²) >= 11 is 3.53. The van der Waals surface area contributed by atoms with Crippen LogP contribution >= 0.6 is 15.9 Å². The summed E-state index contributed by atoms with van der Waals surface area (Å²) in [7, 11) is 1.99. The second kappa shape index (κ2) is 9.71. The zero-order chi connectivity index (χ0) is 17.4. The lowest BCUT2D eigenvalue weighted by Gasteiger charge is -2.11.